The lowest BCUT2D eigenvalue weighted by molar-refractivity contribution is 0.661. The second-order valence-corrected chi connectivity index (χ2v) is 5.34. The highest BCUT2D eigenvalue weighted by Crippen LogP contribution is 2.25. The van der Waals surface area contributed by atoms with E-state index in [9.17, 15) is 0 Å². The van der Waals surface area contributed by atoms with Gasteiger partial charge in [0.2, 0.25) is 0 Å². The van der Waals surface area contributed by atoms with Gasteiger partial charge in [0.05, 0.1) is 0 Å². The Hall–Kier alpha value is -1.76. The standard InChI is InChI=1S/C18H21N/c1-3-7-15(8-4-1)16-11-13-18(14-12-16)19-17-9-5-2-6-10-17/h1,3-5,7,9-13,15,18-19H,2,6,8,14H2. The lowest BCUT2D eigenvalue weighted by atomic mass is 9.88. The van der Waals surface area contributed by atoms with Gasteiger partial charge in [-0.3, -0.25) is 0 Å². The zero-order chi connectivity index (χ0) is 12.9. The van der Waals surface area contributed by atoms with Crippen LogP contribution in [0.5, 0.6) is 0 Å². The molecule has 2 unspecified atom stereocenters. The molecule has 3 aliphatic carbocycles. The summed E-state index contributed by atoms with van der Waals surface area (Å²) < 4.78 is 0. The third-order valence-corrected chi connectivity index (χ3v) is 3.88. The summed E-state index contributed by atoms with van der Waals surface area (Å²) in [5.41, 5.74) is 2.74. The van der Waals surface area contributed by atoms with Crippen LogP contribution in [0.4, 0.5) is 0 Å². The van der Waals surface area contributed by atoms with E-state index in [2.05, 4.69) is 66.1 Å². The van der Waals surface area contributed by atoms with Gasteiger partial charge in [-0.15, -0.1) is 0 Å². The molecule has 0 saturated carbocycles. The van der Waals surface area contributed by atoms with Gasteiger partial charge in [-0.05, 0) is 37.3 Å². The van der Waals surface area contributed by atoms with E-state index in [1.54, 1.807) is 0 Å². The maximum atomic E-state index is 3.59. The van der Waals surface area contributed by atoms with E-state index in [0.717, 1.165) is 19.3 Å². The van der Waals surface area contributed by atoms with Crippen molar-refractivity contribution in [1.29, 1.82) is 0 Å². The number of hydrogen-bond acceptors (Lipinski definition) is 1. The molecule has 3 rings (SSSR count). The van der Waals surface area contributed by atoms with Gasteiger partial charge in [0.15, 0.2) is 0 Å². The van der Waals surface area contributed by atoms with Crippen LogP contribution in [0.1, 0.15) is 25.7 Å². The molecule has 0 aromatic carbocycles. The van der Waals surface area contributed by atoms with Crippen molar-refractivity contribution in [2.75, 3.05) is 0 Å². The lowest BCUT2D eigenvalue weighted by Crippen LogP contribution is -2.27. The van der Waals surface area contributed by atoms with E-state index in [1.165, 1.54) is 17.7 Å². The largest absolute Gasteiger partial charge is 0.379 e. The minimum Gasteiger partial charge on any atom is -0.379 e. The molecule has 3 aliphatic rings. The first-order valence-corrected chi connectivity index (χ1v) is 7.26. The molecule has 2 atom stereocenters. The Kier molecular flexibility index (Phi) is 3.83. The van der Waals surface area contributed by atoms with Gasteiger partial charge < -0.3 is 5.32 Å². The molecule has 0 radical (unpaired) electrons. The molecule has 0 aromatic rings. The van der Waals surface area contributed by atoms with Crippen LogP contribution < -0.4 is 5.32 Å². The Morgan fingerprint density at radius 2 is 1.89 bits per heavy atom. The zero-order valence-electron chi connectivity index (χ0n) is 11.3. The van der Waals surface area contributed by atoms with Crippen molar-refractivity contribution in [2.45, 2.75) is 31.7 Å². The van der Waals surface area contributed by atoms with Gasteiger partial charge in [0.1, 0.15) is 0 Å². The average molecular weight is 251 g/mol. The minimum atomic E-state index is 0.445. The summed E-state index contributed by atoms with van der Waals surface area (Å²) in [5.74, 6) is 0.580. The summed E-state index contributed by atoms with van der Waals surface area (Å²) in [7, 11) is 0. The maximum absolute atomic E-state index is 3.59. The monoisotopic (exact) mass is 251 g/mol. The first-order chi connectivity index (χ1) is 9.42. The third kappa shape index (κ3) is 3.17. The Bertz CT molecular complexity index is 500. The first-order valence-electron chi connectivity index (χ1n) is 7.26. The van der Waals surface area contributed by atoms with Gasteiger partial charge in [-0.1, -0.05) is 54.7 Å². The molecule has 98 valence electrons. The van der Waals surface area contributed by atoms with Crippen LogP contribution >= 0.6 is 0 Å². The van der Waals surface area contributed by atoms with E-state index in [0.29, 0.717) is 12.0 Å². The summed E-state index contributed by atoms with van der Waals surface area (Å²) >= 11 is 0. The summed E-state index contributed by atoms with van der Waals surface area (Å²) in [4.78, 5) is 0. The molecule has 0 amide bonds. The van der Waals surface area contributed by atoms with E-state index in [4.69, 9.17) is 0 Å². The average Bonchev–Trinajstić information content (AvgIpc) is 2.50. The Labute approximate surface area is 115 Å². The van der Waals surface area contributed by atoms with Crippen molar-refractivity contribution < 1.29 is 0 Å². The van der Waals surface area contributed by atoms with Gasteiger partial charge in [-0.25, -0.2) is 0 Å². The lowest BCUT2D eigenvalue weighted by Gasteiger charge is -2.23. The second kappa shape index (κ2) is 5.92. The highest BCUT2D eigenvalue weighted by Gasteiger charge is 2.14. The van der Waals surface area contributed by atoms with Crippen LogP contribution in [0.15, 0.2) is 72.0 Å². The summed E-state index contributed by atoms with van der Waals surface area (Å²) in [6.07, 6.45) is 27.1. The fourth-order valence-electron chi connectivity index (χ4n) is 2.78. The predicted molar refractivity (Wildman–Crippen MR) is 81.6 cm³/mol. The molecule has 0 heterocycles. The first kappa shape index (κ1) is 12.3. The predicted octanol–water partition coefficient (Wildman–Crippen LogP) is 4.20. The molecule has 1 nitrogen and oxygen atoms in total. The second-order valence-electron chi connectivity index (χ2n) is 5.34. The van der Waals surface area contributed by atoms with E-state index in [1.807, 2.05) is 0 Å². The minimum absolute atomic E-state index is 0.445. The van der Waals surface area contributed by atoms with Crippen molar-refractivity contribution in [1.82, 2.24) is 5.32 Å². The van der Waals surface area contributed by atoms with Gasteiger partial charge in [-0.2, -0.15) is 0 Å². The molecule has 0 aromatic heterocycles. The van der Waals surface area contributed by atoms with Crippen molar-refractivity contribution in [3.05, 3.63) is 72.0 Å². The normalized spacial score (nSPS) is 29.1. The van der Waals surface area contributed by atoms with Crippen molar-refractivity contribution in [3.8, 4) is 0 Å². The molecule has 0 bridgehead atoms. The van der Waals surface area contributed by atoms with Crippen molar-refractivity contribution in [3.63, 3.8) is 0 Å². The number of rotatable bonds is 3. The highest BCUT2D eigenvalue weighted by atomic mass is 14.9. The number of nitrogens with one attached hydrogen (secondary N) is 1. The van der Waals surface area contributed by atoms with Crippen LogP contribution in [0.2, 0.25) is 0 Å². The van der Waals surface area contributed by atoms with Gasteiger partial charge in [0, 0.05) is 17.7 Å². The molecule has 0 spiro atoms. The van der Waals surface area contributed by atoms with Crippen LogP contribution in [0, 0.1) is 5.92 Å². The Morgan fingerprint density at radius 1 is 0.895 bits per heavy atom. The Balaban J connectivity index is 1.57. The quantitative estimate of drug-likeness (QED) is 0.792. The Morgan fingerprint density at radius 3 is 2.58 bits per heavy atom. The molecule has 0 aliphatic heterocycles. The third-order valence-electron chi connectivity index (χ3n) is 3.88. The molecule has 0 fully saturated rings. The SMILES string of the molecule is C1=CCC(C2=CCC(NC3=CCCC=C3)C=C2)C=C1. The molecule has 1 heteroatoms. The van der Waals surface area contributed by atoms with Crippen LogP contribution in [-0.2, 0) is 0 Å². The van der Waals surface area contributed by atoms with E-state index < -0.39 is 0 Å². The fraction of sp³-hybridized carbons (Fsp3) is 0.333. The van der Waals surface area contributed by atoms with Crippen molar-refractivity contribution in [2.24, 2.45) is 5.92 Å². The highest BCUT2D eigenvalue weighted by molar-refractivity contribution is 5.34. The fourth-order valence-corrected chi connectivity index (χ4v) is 2.78. The smallest absolute Gasteiger partial charge is 0.0482 e. The van der Waals surface area contributed by atoms with Gasteiger partial charge in [0.25, 0.3) is 0 Å². The molecule has 19 heavy (non-hydrogen) atoms. The van der Waals surface area contributed by atoms with Crippen LogP contribution in [0.25, 0.3) is 0 Å². The molecular formula is C18H21N. The number of allylic oxidation sites excluding steroid dienone is 9. The van der Waals surface area contributed by atoms with Crippen LogP contribution in [-0.4, -0.2) is 6.04 Å². The topological polar surface area (TPSA) is 12.0 Å². The molecule has 1 N–H and O–H groups in total. The maximum Gasteiger partial charge on any atom is 0.0482 e. The number of hydrogen-bond donors (Lipinski definition) is 1. The summed E-state index contributed by atoms with van der Waals surface area (Å²) in [6.45, 7) is 0. The molecular weight excluding hydrogens is 230 g/mol. The van der Waals surface area contributed by atoms with Crippen molar-refractivity contribution >= 4 is 0 Å². The van der Waals surface area contributed by atoms with Crippen LogP contribution in [0.3, 0.4) is 0 Å². The molecule has 0 saturated heterocycles. The summed E-state index contributed by atoms with van der Waals surface area (Å²) in [5, 5.41) is 3.59. The van der Waals surface area contributed by atoms with Gasteiger partial charge >= 0.3 is 0 Å². The zero-order valence-corrected chi connectivity index (χ0v) is 11.3. The van der Waals surface area contributed by atoms with E-state index >= 15 is 0 Å². The van der Waals surface area contributed by atoms with E-state index in [-0.39, 0.29) is 0 Å². The summed E-state index contributed by atoms with van der Waals surface area (Å²) in [6, 6.07) is 0.445.